The van der Waals surface area contributed by atoms with Gasteiger partial charge in [-0.05, 0) is 43.9 Å². The van der Waals surface area contributed by atoms with Crippen molar-refractivity contribution < 1.29 is 49.0 Å². The van der Waals surface area contributed by atoms with E-state index in [1.807, 2.05) is 19.1 Å². The van der Waals surface area contributed by atoms with Crippen molar-refractivity contribution in [2.45, 2.75) is 56.8 Å². The van der Waals surface area contributed by atoms with E-state index in [1.54, 1.807) is 33.6 Å². The minimum Gasteiger partial charge on any atom is -0.496 e. The fourth-order valence-corrected chi connectivity index (χ4v) is 4.72. The van der Waals surface area contributed by atoms with E-state index in [0.717, 1.165) is 35.2 Å². The molecule has 1 unspecified atom stereocenters. The van der Waals surface area contributed by atoms with Crippen molar-refractivity contribution in [2.24, 2.45) is 4.99 Å². The van der Waals surface area contributed by atoms with Crippen molar-refractivity contribution in [2.75, 3.05) is 27.9 Å². The van der Waals surface area contributed by atoms with Gasteiger partial charge in [0.05, 0.1) is 57.8 Å². The van der Waals surface area contributed by atoms with Gasteiger partial charge in [-0.2, -0.15) is 0 Å². The lowest BCUT2D eigenvalue weighted by Crippen LogP contribution is -2.34. The molecule has 12 heteroatoms. The highest BCUT2D eigenvalue weighted by Crippen LogP contribution is 2.45. The van der Waals surface area contributed by atoms with Gasteiger partial charge >= 0.3 is 11.9 Å². The molecule has 2 aliphatic rings. The van der Waals surface area contributed by atoms with E-state index in [4.69, 9.17) is 39.3 Å². The maximum Gasteiger partial charge on any atom is 0.333 e. The molecule has 4 rings (SSSR count). The zero-order chi connectivity index (χ0) is 28.7. The number of aliphatic hydroxyl groups is 2. The zero-order valence-corrected chi connectivity index (χ0v) is 22.3. The Labute approximate surface area is 225 Å². The van der Waals surface area contributed by atoms with E-state index in [2.05, 4.69) is 4.98 Å². The van der Waals surface area contributed by atoms with Gasteiger partial charge in [0.15, 0.2) is 17.6 Å². The number of hydrogen-bond acceptors (Lipinski definition) is 10. The number of ether oxygens (including phenoxy) is 4. The van der Waals surface area contributed by atoms with Crippen LogP contribution in [0.2, 0.25) is 0 Å². The number of nitrogens with zero attached hydrogens (tertiary/aromatic N) is 2. The quantitative estimate of drug-likeness (QED) is 0.363. The highest BCUT2D eigenvalue weighted by Gasteiger charge is 2.38. The fraction of sp³-hybridized carbons (Fsp3) is 0.481. The predicted molar refractivity (Wildman–Crippen MR) is 139 cm³/mol. The molecule has 1 aliphatic carbocycles. The molecule has 1 aliphatic heterocycles. The maximum atomic E-state index is 10.3. The van der Waals surface area contributed by atoms with E-state index in [0.29, 0.717) is 36.2 Å². The number of methoxy groups -OCH3 is 3. The van der Waals surface area contributed by atoms with E-state index < -0.39 is 24.5 Å². The topological polar surface area (TPSA) is 177 Å². The summed E-state index contributed by atoms with van der Waals surface area (Å²) in [7, 11) is 4.83. The van der Waals surface area contributed by atoms with E-state index in [9.17, 15) is 14.7 Å². The van der Waals surface area contributed by atoms with Crippen LogP contribution < -0.4 is 18.9 Å². The van der Waals surface area contributed by atoms with Crippen LogP contribution in [0.25, 0.3) is 0 Å². The number of hydrogen-bond donors (Lipinski definition) is 4. The van der Waals surface area contributed by atoms with Gasteiger partial charge in [0, 0.05) is 23.7 Å². The second-order valence-electron chi connectivity index (χ2n) is 9.02. The molecule has 0 saturated heterocycles. The molecule has 212 valence electrons. The van der Waals surface area contributed by atoms with Gasteiger partial charge in [-0.25, -0.2) is 9.78 Å². The summed E-state index contributed by atoms with van der Waals surface area (Å²) < 4.78 is 22.3. The Morgan fingerprint density at radius 1 is 1.00 bits per heavy atom. The van der Waals surface area contributed by atoms with Gasteiger partial charge in [0.2, 0.25) is 5.88 Å². The van der Waals surface area contributed by atoms with Crippen molar-refractivity contribution in [1.29, 1.82) is 0 Å². The Morgan fingerprint density at radius 3 is 2.28 bits per heavy atom. The van der Waals surface area contributed by atoms with E-state index in [-0.39, 0.29) is 18.1 Å². The number of aliphatic hydroxyl groups excluding tert-OH is 2. The minimum absolute atomic E-state index is 0.0885. The summed E-state index contributed by atoms with van der Waals surface area (Å²) in [6, 6.07) is 5.87. The summed E-state index contributed by atoms with van der Waals surface area (Å²) in [5.41, 5.74) is 3.69. The van der Waals surface area contributed by atoms with Gasteiger partial charge in [0.25, 0.3) is 0 Å². The summed E-state index contributed by atoms with van der Waals surface area (Å²) in [6.45, 7) is 2.50. The fourth-order valence-electron chi connectivity index (χ4n) is 4.72. The average molecular weight is 547 g/mol. The number of rotatable bonds is 9. The van der Waals surface area contributed by atoms with Crippen molar-refractivity contribution in [3.63, 3.8) is 0 Å². The molecular formula is C27H34N2O10. The third kappa shape index (κ3) is 6.95. The van der Waals surface area contributed by atoms with Gasteiger partial charge in [-0.3, -0.25) is 9.79 Å². The lowest BCUT2D eigenvalue weighted by atomic mass is 9.74. The monoisotopic (exact) mass is 546 g/mol. The number of carbonyl (C=O) groups is 2. The largest absolute Gasteiger partial charge is 0.496 e. The second kappa shape index (κ2) is 13.3. The number of carboxylic acids is 2. The number of pyridine rings is 1. The van der Waals surface area contributed by atoms with Crippen LogP contribution in [0.3, 0.4) is 0 Å². The van der Waals surface area contributed by atoms with Gasteiger partial charge < -0.3 is 39.4 Å². The predicted octanol–water partition coefficient (Wildman–Crippen LogP) is 2.26. The van der Waals surface area contributed by atoms with Crippen LogP contribution in [-0.4, -0.2) is 89.2 Å². The first-order valence-electron chi connectivity index (χ1n) is 12.4. The number of benzene rings is 1. The minimum atomic E-state index is -1.79. The van der Waals surface area contributed by atoms with E-state index in [1.165, 1.54) is 0 Å². The molecule has 2 heterocycles. The molecule has 1 aromatic heterocycles. The first kappa shape index (κ1) is 29.7. The van der Waals surface area contributed by atoms with Gasteiger partial charge in [-0.15, -0.1) is 0 Å². The first-order chi connectivity index (χ1) is 18.6. The second-order valence-corrected chi connectivity index (χ2v) is 9.02. The van der Waals surface area contributed by atoms with Crippen LogP contribution in [0.15, 0.2) is 29.4 Å². The molecule has 1 fully saturated rings. The smallest absolute Gasteiger partial charge is 0.333 e. The first-order valence-corrected chi connectivity index (χ1v) is 12.4. The maximum absolute atomic E-state index is 10.3. The zero-order valence-electron chi connectivity index (χ0n) is 22.3. The van der Waals surface area contributed by atoms with Gasteiger partial charge in [-0.1, -0.05) is 0 Å². The van der Waals surface area contributed by atoms with Crippen molar-refractivity contribution >= 4 is 17.7 Å². The molecule has 4 atom stereocenters. The van der Waals surface area contributed by atoms with E-state index >= 15 is 0 Å². The molecule has 4 N–H and O–H groups in total. The Balaban J connectivity index is 0.000000403. The van der Waals surface area contributed by atoms with Crippen LogP contribution in [0.5, 0.6) is 23.1 Å². The summed E-state index contributed by atoms with van der Waals surface area (Å²) >= 11 is 0. The molecule has 0 spiro atoms. The van der Waals surface area contributed by atoms with Crippen molar-refractivity contribution in [1.82, 2.24) is 4.98 Å². The van der Waals surface area contributed by atoms with Gasteiger partial charge in [0.1, 0.15) is 5.75 Å². The molecule has 0 radical (unpaired) electrons. The summed E-state index contributed by atoms with van der Waals surface area (Å²) in [5.74, 6) is -0.224. The standard InChI is InChI=1S/C23H28N2O5.C4H6O5/c1-5-30-21-9-14-15-8-13(26)6-7-18(15)25-23(16(14)10-20(21)28-3)17-12-24-22(29-4)11-19(17)27-2;5-2(4(8)9)1-3(6)7/h9-13,15,18,26H,5-8H2,1-4H3;2,5H,1H2,(H,6,7)(H,8,9)/t13-,15-,18-;/m1./s1. The third-order valence-electron chi connectivity index (χ3n) is 6.55. The van der Waals surface area contributed by atoms with Crippen LogP contribution in [0.4, 0.5) is 0 Å². The highest BCUT2D eigenvalue weighted by molar-refractivity contribution is 6.16. The molecule has 0 bridgehead atoms. The third-order valence-corrected chi connectivity index (χ3v) is 6.55. The number of aromatic nitrogens is 1. The molecule has 1 saturated carbocycles. The van der Waals surface area contributed by atoms with Crippen LogP contribution in [0, 0.1) is 0 Å². The van der Waals surface area contributed by atoms with Crippen LogP contribution in [-0.2, 0) is 9.59 Å². The Morgan fingerprint density at radius 2 is 1.72 bits per heavy atom. The molecule has 1 aromatic carbocycles. The molecule has 39 heavy (non-hydrogen) atoms. The SMILES string of the molecule is CCOc1cc2c(cc1OC)C(c1cnc(OC)cc1OC)=N[C@@H]1CC[C@@H](O)C[C@H]21.O=C(O)CC(O)C(=O)O. The lowest BCUT2D eigenvalue weighted by molar-refractivity contribution is -0.152. The Hall–Kier alpha value is -3.90. The Kier molecular flexibility index (Phi) is 10.1. The average Bonchev–Trinajstić information content (AvgIpc) is 2.92. The number of carboxylic acid groups (broad SMARTS) is 2. The number of aliphatic carboxylic acids is 2. The number of aliphatic imine (C=N–C) groups is 1. The molecule has 0 amide bonds. The van der Waals surface area contributed by atoms with Crippen molar-refractivity contribution in [3.05, 3.63) is 41.1 Å². The van der Waals surface area contributed by atoms with Crippen LogP contribution in [0.1, 0.15) is 55.2 Å². The summed E-state index contributed by atoms with van der Waals surface area (Å²) in [5, 5.41) is 34.5. The summed E-state index contributed by atoms with van der Waals surface area (Å²) in [4.78, 5) is 28.9. The number of fused-ring (bicyclic) bond motifs is 3. The van der Waals surface area contributed by atoms with Crippen LogP contribution >= 0.6 is 0 Å². The molecule has 12 nitrogen and oxygen atoms in total. The Bertz CT molecular complexity index is 1220. The molecule has 2 aromatic rings. The lowest BCUT2D eigenvalue weighted by Gasteiger charge is -2.37. The normalized spacial score (nSPS) is 20.2. The summed E-state index contributed by atoms with van der Waals surface area (Å²) in [6.07, 6.45) is 1.14. The van der Waals surface area contributed by atoms with Crippen molar-refractivity contribution in [3.8, 4) is 23.1 Å². The highest BCUT2D eigenvalue weighted by atomic mass is 16.5. The molecular weight excluding hydrogens is 512 g/mol.